The second kappa shape index (κ2) is 5.16. The van der Waals surface area contributed by atoms with E-state index in [1.165, 1.54) is 5.56 Å². The molecule has 2 heterocycles. The monoisotopic (exact) mass is 222 g/mol. The highest BCUT2D eigenvalue weighted by molar-refractivity contribution is 5.37. The van der Waals surface area contributed by atoms with Crippen LogP contribution in [0.25, 0.3) is 0 Å². The maximum absolute atomic E-state index is 5.36. The standard InChI is InChI=1S/C12H18N2O2/c1-15-11-8-14-12(16-2)7-10(11)9-3-5-13-6-4-9/h7-9,13H,3-6H2,1-2H3. The highest BCUT2D eigenvalue weighted by atomic mass is 16.5. The predicted octanol–water partition coefficient (Wildman–Crippen LogP) is 1.57. The van der Waals surface area contributed by atoms with Gasteiger partial charge in [0.1, 0.15) is 5.75 Å². The molecule has 0 radical (unpaired) electrons. The van der Waals surface area contributed by atoms with Crippen LogP contribution in [-0.2, 0) is 0 Å². The van der Waals surface area contributed by atoms with Crippen LogP contribution in [-0.4, -0.2) is 32.3 Å². The first kappa shape index (κ1) is 11.2. The van der Waals surface area contributed by atoms with Gasteiger partial charge in [0.15, 0.2) is 0 Å². The molecule has 1 aromatic rings. The first-order chi connectivity index (χ1) is 7.85. The van der Waals surface area contributed by atoms with Gasteiger partial charge in [0, 0.05) is 11.6 Å². The summed E-state index contributed by atoms with van der Waals surface area (Å²) >= 11 is 0. The zero-order valence-electron chi connectivity index (χ0n) is 9.82. The number of methoxy groups -OCH3 is 2. The third-order valence-electron chi connectivity index (χ3n) is 3.08. The Morgan fingerprint density at radius 2 is 2.00 bits per heavy atom. The van der Waals surface area contributed by atoms with E-state index in [-0.39, 0.29) is 0 Å². The van der Waals surface area contributed by atoms with Crippen molar-refractivity contribution < 1.29 is 9.47 Å². The summed E-state index contributed by atoms with van der Waals surface area (Å²) in [5.41, 5.74) is 1.22. The Morgan fingerprint density at radius 1 is 1.25 bits per heavy atom. The molecule has 1 saturated heterocycles. The molecule has 1 aromatic heterocycles. The molecule has 0 unspecified atom stereocenters. The van der Waals surface area contributed by atoms with E-state index in [9.17, 15) is 0 Å². The first-order valence-corrected chi connectivity index (χ1v) is 5.63. The lowest BCUT2D eigenvalue weighted by Crippen LogP contribution is -2.26. The molecule has 16 heavy (non-hydrogen) atoms. The molecule has 1 aliphatic rings. The van der Waals surface area contributed by atoms with E-state index in [1.54, 1.807) is 20.4 Å². The molecule has 0 aromatic carbocycles. The fourth-order valence-corrected chi connectivity index (χ4v) is 2.17. The van der Waals surface area contributed by atoms with E-state index in [0.717, 1.165) is 31.7 Å². The van der Waals surface area contributed by atoms with Gasteiger partial charge in [0.25, 0.3) is 0 Å². The summed E-state index contributed by atoms with van der Waals surface area (Å²) in [5.74, 6) is 2.08. The number of ether oxygens (including phenoxy) is 2. The number of pyridine rings is 1. The summed E-state index contributed by atoms with van der Waals surface area (Å²) in [6, 6.07) is 1.99. The van der Waals surface area contributed by atoms with E-state index < -0.39 is 0 Å². The van der Waals surface area contributed by atoms with Crippen molar-refractivity contribution in [2.45, 2.75) is 18.8 Å². The lowest BCUT2D eigenvalue weighted by molar-refractivity contribution is 0.373. The molecule has 0 aliphatic carbocycles. The lowest BCUT2D eigenvalue weighted by Gasteiger charge is -2.24. The van der Waals surface area contributed by atoms with Crippen molar-refractivity contribution in [2.24, 2.45) is 0 Å². The number of piperidine rings is 1. The van der Waals surface area contributed by atoms with Gasteiger partial charge in [-0.25, -0.2) is 4.98 Å². The van der Waals surface area contributed by atoms with Crippen molar-refractivity contribution in [3.63, 3.8) is 0 Å². The van der Waals surface area contributed by atoms with Crippen LogP contribution in [0.4, 0.5) is 0 Å². The molecule has 4 nitrogen and oxygen atoms in total. The van der Waals surface area contributed by atoms with Gasteiger partial charge in [-0.2, -0.15) is 0 Å². The Kier molecular flexibility index (Phi) is 3.62. The SMILES string of the molecule is COc1cc(C2CCNCC2)c(OC)cn1. The van der Waals surface area contributed by atoms with Crippen LogP contribution in [0.15, 0.2) is 12.3 Å². The van der Waals surface area contributed by atoms with Gasteiger partial charge < -0.3 is 14.8 Å². The second-order valence-corrected chi connectivity index (χ2v) is 3.99. The molecule has 0 saturated carbocycles. The summed E-state index contributed by atoms with van der Waals surface area (Å²) in [7, 11) is 3.33. The fourth-order valence-electron chi connectivity index (χ4n) is 2.17. The fraction of sp³-hybridized carbons (Fsp3) is 0.583. The van der Waals surface area contributed by atoms with E-state index in [0.29, 0.717) is 11.8 Å². The van der Waals surface area contributed by atoms with Gasteiger partial charge >= 0.3 is 0 Å². The molecule has 1 N–H and O–H groups in total. The number of nitrogens with zero attached hydrogens (tertiary/aromatic N) is 1. The van der Waals surface area contributed by atoms with E-state index in [1.807, 2.05) is 6.07 Å². The Balaban J connectivity index is 2.27. The number of hydrogen-bond acceptors (Lipinski definition) is 4. The van der Waals surface area contributed by atoms with E-state index >= 15 is 0 Å². The molecule has 2 rings (SSSR count). The number of hydrogen-bond donors (Lipinski definition) is 1. The van der Waals surface area contributed by atoms with Crippen LogP contribution in [0, 0.1) is 0 Å². The van der Waals surface area contributed by atoms with E-state index in [4.69, 9.17) is 9.47 Å². The van der Waals surface area contributed by atoms with Crippen LogP contribution in [0.2, 0.25) is 0 Å². The molecular formula is C12H18N2O2. The smallest absolute Gasteiger partial charge is 0.213 e. The van der Waals surface area contributed by atoms with Crippen molar-refractivity contribution in [3.8, 4) is 11.6 Å². The Labute approximate surface area is 96.0 Å². The minimum absolute atomic E-state index is 0.549. The lowest BCUT2D eigenvalue weighted by atomic mass is 9.90. The van der Waals surface area contributed by atoms with Crippen LogP contribution < -0.4 is 14.8 Å². The maximum atomic E-state index is 5.36. The largest absolute Gasteiger partial charge is 0.495 e. The van der Waals surface area contributed by atoms with Crippen LogP contribution >= 0.6 is 0 Å². The highest BCUT2D eigenvalue weighted by Gasteiger charge is 2.19. The maximum Gasteiger partial charge on any atom is 0.213 e. The molecule has 0 atom stereocenters. The van der Waals surface area contributed by atoms with Gasteiger partial charge in [-0.3, -0.25) is 0 Å². The van der Waals surface area contributed by atoms with E-state index in [2.05, 4.69) is 10.3 Å². The Hall–Kier alpha value is -1.29. The van der Waals surface area contributed by atoms with Gasteiger partial charge in [-0.1, -0.05) is 0 Å². The summed E-state index contributed by atoms with van der Waals surface area (Å²) in [6.45, 7) is 2.14. The quantitative estimate of drug-likeness (QED) is 0.843. The molecule has 4 heteroatoms. The number of nitrogens with one attached hydrogen (secondary N) is 1. The Morgan fingerprint density at radius 3 is 2.62 bits per heavy atom. The zero-order chi connectivity index (χ0) is 11.4. The topological polar surface area (TPSA) is 43.4 Å². The first-order valence-electron chi connectivity index (χ1n) is 5.63. The van der Waals surface area contributed by atoms with Crippen molar-refractivity contribution in [2.75, 3.05) is 27.3 Å². The van der Waals surface area contributed by atoms with Gasteiger partial charge in [0.05, 0.1) is 20.4 Å². The molecule has 1 fully saturated rings. The van der Waals surface area contributed by atoms with Crippen LogP contribution in [0.1, 0.15) is 24.3 Å². The van der Waals surface area contributed by atoms with Crippen molar-refractivity contribution in [1.82, 2.24) is 10.3 Å². The zero-order valence-corrected chi connectivity index (χ0v) is 9.82. The molecule has 1 aliphatic heterocycles. The second-order valence-electron chi connectivity index (χ2n) is 3.99. The van der Waals surface area contributed by atoms with Gasteiger partial charge in [-0.15, -0.1) is 0 Å². The predicted molar refractivity (Wildman–Crippen MR) is 62.2 cm³/mol. The third kappa shape index (κ3) is 2.27. The molecular weight excluding hydrogens is 204 g/mol. The highest BCUT2D eigenvalue weighted by Crippen LogP contribution is 2.33. The number of rotatable bonds is 3. The average Bonchev–Trinajstić information content (AvgIpc) is 2.39. The molecule has 0 amide bonds. The Bertz CT molecular complexity index is 349. The minimum Gasteiger partial charge on any atom is -0.495 e. The molecule has 88 valence electrons. The average molecular weight is 222 g/mol. The molecule has 0 bridgehead atoms. The normalized spacial score (nSPS) is 17.1. The third-order valence-corrected chi connectivity index (χ3v) is 3.08. The summed E-state index contributed by atoms with van der Waals surface area (Å²) < 4.78 is 10.5. The van der Waals surface area contributed by atoms with Crippen molar-refractivity contribution >= 4 is 0 Å². The van der Waals surface area contributed by atoms with Gasteiger partial charge in [-0.05, 0) is 31.8 Å². The summed E-state index contributed by atoms with van der Waals surface area (Å²) in [5, 5.41) is 3.36. The van der Waals surface area contributed by atoms with Gasteiger partial charge in [0.2, 0.25) is 5.88 Å². The minimum atomic E-state index is 0.549. The summed E-state index contributed by atoms with van der Waals surface area (Å²) in [4.78, 5) is 4.16. The van der Waals surface area contributed by atoms with Crippen molar-refractivity contribution in [3.05, 3.63) is 17.8 Å². The van der Waals surface area contributed by atoms with Crippen LogP contribution in [0.3, 0.4) is 0 Å². The number of aromatic nitrogens is 1. The van der Waals surface area contributed by atoms with Crippen LogP contribution in [0.5, 0.6) is 11.6 Å². The van der Waals surface area contributed by atoms with Crippen molar-refractivity contribution in [1.29, 1.82) is 0 Å². The molecule has 0 spiro atoms. The summed E-state index contributed by atoms with van der Waals surface area (Å²) in [6.07, 6.45) is 4.03.